The molecule has 3 N–H and O–H groups in total. The highest BCUT2D eigenvalue weighted by molar-refractivity contribution is 6.01. The van der Waals surface area contributed by atoms with Gasteiger partial charge in [-0.2, -0.15) is 5.10 Å². The Labute approximate surface area is 117 Å². The van der Waals surface area contributed by atoms with Crippen LogP contribution in [0.1, 0.15) is 34.4 Å². The fraction of sp³-hybridized carbons (Fsp3) is 0.200. The number of nitrogens with one attached hydrogen (secondary N) is 1. The van der Waals surface area contributed by atoms with Crippen molar-refractivity contribution in [3.05, 3.63) is 53.0 Å². The Hall–Kier alpha value is -2.56. The molecule has 1 aromatic heterocycles. The van der Waals surface area contributed by atoms with Gasteiger partial charge in [0.1, 0.15) is 11.5 Å². The molecule has 2 aromatic rings. The van der Waals surface area contributed by atoms with Crippen LogP contribution >= 0.6 is 0 Å². The Morgan fingerprint density at radius 3 is 2.45 bits per heavy atom. The average Bonchev–Trinajstić information content (AvgIpc) is 2.75. The van der Waals surface area contributed by atoms with Gasteiger partial charge in [-0.25, -0.2) is 5.43 Å². The summed E-state index contributed by atoms with van der Waals surface area (Å²) < 4.78 is 5.32. The van der Waals surface area contributed by atoms with Gasteiger partial charge in [-0.05, 0) is 44.5 Å². The van der Waals surface area contributed by atoms with Crippen molar-refractivity contribution in [2.45, 2.75) is 20.8 Å². The molecule has 0 atom stereocenters. The third-order valence-corrected chi connectivity index (χ3v) is 2.94. The molecule has 1 heterocycles. The van der Waals surface area contributed by atoms with Crippen LogP contribution in [0.4, 0.5) is 5.69 Å². The summed E-state index contributed by atoms with van der Waals surface area (Å²) >= 11 is 0. The zero-order chi connectivity index (χ0) is 14.7. The molecule has 1 aromatic carbocycles. The summed E-state index contributed by atoms with van der Waals surface area (Å²) in [5.74, 6) is 1.00. The molecule has 1 amide bonds. The van der Waals surface area contributed by atoms with E-state index >= 15 is 0 Å². The van der Waals surface area contributed by atoms with Gasteiger partial charge in [-0.3, -0.25) is 4.79 Å². The number of hydrogen-bond donors (Lipinski definition) is 2. The van der Waals surface area contributed by atoms with Crippen LogP contribution < -0.4 is 11.2 Å². The first-order chi connectivity index (χ1) is 9.47. The van der Waals surface area contributed by atoms with Gasteiger partial charge in [0.15, 0.2) is 0 Å². The van der Waals surface area contributed by atoms with Gasteiger partial charge < -0.3 is 10.2 Å². The van der Waals surface area contributed by atoms with Crippen molar-refractivity contribution >= 4 is 17.3 Å². The summed E-state index contributed by atoms with van der Waals surface area (Å²) in [6.45, 7) is 5.37. The summed E-state index contributed by atoms with van der Waals surface area (Å²) in [4.78, 5) is 12.0. The SMILES string of the molecule is C/C(=N/NC(=O)c1cc(C)oc1C)c1ccc(N)cc1. The number of nitrogen functional groups attached to an aromatic ring is 1. The zero-order valence-electron chi connectivity index (χ0n) is 11.7. The molecule has 5 nitrogen and oxygen atoms in total. The van der Waals surface area contributed by atoms with Crippen LogP contribution in [-0.2, 0) is 0 Å². The maximum Gasteiger partial charge on any atom is 0.274 e. The van der Waals surface area contributed by atoms with Crippen molar-refractivity contribution in [1.82, 2.24) is 5.43 Å². The summed E-state index contributed by atoms with van der Waals surface area (Å²) in [5, 5.41) is 4.09. The number of benzene rings is 1. The number of nitrogens with two attached hydrogens (primary N) is 1. The number of hydrazone groups is 1. The number of carbonyl (C=O) groups excluding carboxylic acids is 1. The Kier molecular flexibility index (Phi) is 3.89. The lowest BCUT2D eigenvalue weighted by Gasteiger charge is -2.02. The highest BCUT2D eigenvalue weighted by Crippen LogP contribution is 2.13. The van der Waals surface area contributed by atoms with Crippen molar-refractivity contribution in [1.29, 1.82) is 0 Å². The van der Waals surface area contributed by atoms with Gasteiger partial charge in [-0.15, -0.1) is 0 Å². The van der Waals surface area contributed by atoms with Gasteiger partial charge in [0.25, 0.3) is 5.91 Å². The molecule has 0 unspecified atom stereocenters. The molecule has 0 aliphatic carbocycles. The Balaban J connectivity index is 2.10. The van der Waals surface area contributed by atoms with Crippen LogP contribution in [0.15, 0.2) is 39.9 Å². The molecule has 0 spiro atoms. The van der Waals surface area contributed by atoms with Crippen LogP contribution in [0.2, 0.25) is 0 Å². The fourth-order valence-corrected chi connectivity index (χ4v) is 1.84. The van der Waals surface area contributed by atoms with E-state index in [0.29, 0.717) is 28.5 Å². The Bertz CT molecular complexity index is 654. The number of rotatable bonds is 3. The lowest BCUT2D eigenvalue weighted by Crippen LogP contribution is -2.19. The molecule has 0 radical (unpaired) electrons. The molecule has 0 aliphatic heterocycles. The second-order valence-corrected chi connectivity index (χ2v) is 4.59. The van der Waals surface area contributed by atoms with Gasteiger partial charge >= 0.3 is 0 Å². The fourth-order valence-electron chi connectivity index (χ4n) is 1.84. The van der Waals surface area contributed by atoms with E-state index < -0.39 is 0 Å². The minimum Gasteiger partial charge on any atom is -0.466 e. The number of carbonyl (C=O) groups is 1. The highest BCUT2D eigenvalue weighted by atomic mass is 16.3. The lowest BCUT2D eigenvalue weighted by atomic mass is 10.1. The topological polar surface area (TPSA) is 80.6 Å². The number of furan rings is 1. The lowest BCUT2D eigenvalue weighted by molar-refractivity contribution is 0.0953. The summed E-state index contributed by atoms with van der Waals surface area (Å²) in [6, 6.07) is 8.99. The number of hydrogen-bond acceptors (Lipinski definition) is 4. The van der Waals surface area contributed by atoms with E-state index in [1.165, 1.54) is 0 Å². The van der Waals surface area contributed by atoms with E-state index in [9.17, 15) is 4.79 Å². The summed E-state index contributed by atoms with van der Waals surface area (Å²) in [6.07, 6.45) is 0. The number of anilines is 1. The first kappa shape index (κ1) is 13.9. The molecule has 0 bridgehead atoms. The summed E-state index contributed by atoms with van der Waals surface area (Å²) in [5.41, 5.74) is 10.9. The van der Waals surface area contributed by atoms with Crippen molar-refractivity contribution in [2.75, 3.05) is 5.73 Å². The zero-order valence-corrected chi connectivity index (χ0v) is 11.7. The maximum absolute atomic E-state index is 12.0. The first-order valence-corrected chi connectivity index (χ1v) is 6.25. The second kappa shape index (κ2) is 5.61. The minimum absolute atomic E-state index is 0.283. The molecule has 5 heteroatoms. The smallest absolute Gasteiger partial charge is 0.274 e. The third-order valence-electron chi connectivity index (χ3n) is 2.94. The molecule has 0 saturated heterocycles. The van der Waals surface area contributed by atoms with E-state index in [-0.39, 0.29) is 5.91 Å². The molecule has 0 fully saturated rings. The van der Waals surface area contributed by atoms with Gasteiger partial charge in [0.2, 0.25) is 0 Å². The maximum atomic E-state index is 12.0. The predicted octanol–water partition coefficient (Wildman–Crippen LogP) is 2.63. The van der Waals surface area contributed by atoms with E-state index in [1.54, 1.807) is 32.0 Å². The van der Waals surface area contributed by atoms with Crippen LogP contribution in [0.5, 0.6) is 0 Å². The predicted molar refractivity (Wildman–Crippen MR) is 78.7 cm³/mol. The molecule has 104 valence electrons. The Morgan fingerprint density at radius 2 is 1.90 bits per heavy atom. The van der Waals surface area contributed by atoms with Crippen LogP contribution in [0.25, 0.3) is 0 Å². The van der Waals surface area contributed by atoms with Crippen molar-refractivity contribution in [3.8, 4) is 0 Å². The molecule has 2 rings (SSSR count). The van der Waals surface area contributed by atoms with E-state index in [4.69, 9.17) is 10.2 Å². The number of amides is 1. The average molecular weight is 271 g/mol. The quantitative estimate of drug-likeness (QED) is 0.511. The summed E-state index contributed by atoms with van der Waals surface area (Å²) in [7, 11) is 0. The van der Waals surface area contributed by atoms with E-state index in [0.717, 1.165) is 5.56 Å². The highest BCUT2D eigenvalue weighted by Gasteiger charge is 2.12. The molecular weight excluding hydrogens is 254 g/mol. The molecule has 0 aliphatic rings. The van der Waals surface area contributed by atoms with Crippen LogP contribution in [-0.4, -0.2) is 11.6 Å². The molecular formula is C15H17N3O2. The monoisotopic (exact) mass is 271 g/mol. The number of aryl methyl sites for hydroxylation is 2. The van der Waals surface area contributed by atoms with Gasteiger partial charge in [0, 0.05) is 5.69 Å². The van der Waals surface area contributed by atoms with Gasteiger partial charge in [0.05, 0.1) is 11.3 Å². The third kappa shape index (κ3) is 3.06. The van der Waals surface area contributed by atoms with E-state index in [1.807, 2.05) is 19.1 Å². The first-order valence-electron chi connectivity index (χ1n) is 6.25. The number of nitrogens with zero attached hydrogens (tertiary/aromatic N) is 1. The van der Waals surface area contributed by atoms with Crippen molar-refractivity contribution < 1.29 is 9.21 Å². The Morgan fingerprint density at radius 1 is 1.25 bits per heavy atom. The second-order valence-electron chi connectivity index (χ2n) is 4.59. The minimum atomic E-state index is -0.283. The van der Waals surface area contributed by atoms with E-state index in [2.05, 4.69) is 10.5 Å². The molecule has 0 saturated carbocycles. The van der Waals surface area contributed by atoms with Gasteiger partial charge in [-0.1, -0.05) is 12.1 Å². The standard InChI is InChI=1S/C15H17N3O2/c1-9-8-14(11(3)20-9)15(19)18-17-10(2)12-4-6-13(16)7-5-12/h4-8H,16H2,1-3H3,(H,18,19)/b17-10-. The van der Waals surface area contributed by atoms with Crippen molar-refractivity contribution in [2.24, 2.45) is 5.10 Å². The van der Waals surface area contributed by atoms with Crippen molar-refractivity contribution in [3.63, 3.8) is 0 Å². The molecule has 20 heavy (non-hydrogen) atoms. The van der Waals surface area contributed by atoms with Crippen LogP contribution in [0, 0.1) is 13.8 Å². The van der Waals surface area contributed by atoms with Crippen LogP contribution in [0.3, 0.4) is 0 Å². The largest absolute Gasteiger partial charge is 0.466 e. The normalized spacial score (nSPS) is 11.4.